The molecule has 8 heteroatoms. The molecule has 0 aliphatic carbocycles. The van der Waals surface area contributed by atoms with Crippen LogP contribution in [-0.4, -0.2) is 34.0 Å². The maximum atomic E-state index is 12.1. The molecule has 0 saturated carbocycles. The van der Waals surface area contributed by atoms with Gasteiger partial charge in [-0.15, -0.1) is 21.5 Å². The molecule has 1 atom stereocenters. The van der Waals surface area contributed by atoms with E-state index in [1.807, 2.05) is 31.4 Å². The number of rotatable bonds is 4. The lowest BCUT2D eigenvalue weighted by Crippen LogP contribution is -2.38. The second kappa shape index (κ2) is 6.77. The largest absolute Gasteiger partial charge is 0.330 e. The third-order valence-electron chi connectivity index (χ3n) is 3.04. The van der Waals surface area contributed by atoms with Crippen LogP contribution in [0.3, 0.4) is 0 Å². The van der Waals surface area contributed by atoms with Crippen LogP contribution in [0.2, 0.25) is 0 Å². The van der Waals surface area contributed by atoms with Crippen molar-refractivity contribution in [2.24, 2.45) is 0 Å². The topological polar surface area (TPSA) is 75.2 Å². The Balaban J connectivity index is 2.00. The molecule has 2 aromatic rings. The van der Waals surface area contributed by atoms with E-state index in [0.29, 0.717) is 5.13 Å². The van der Waals surface area contributed by atoms with Gasteiger partial charge in [0.2, 0.25) is 5.13 Å². The molecule has 112 valence electrons. The molecule has 2 amide bonds. The predicted molar refractivity (Wildman–Crippen MR) is 83.4 cm³/mol. The smallest absolute Gasteiger partial charge is 0.315 e. The fourth-order valence-electron chi connectivity index (χ4n) is 1.65. The fraction of sp³-hybridized carbons (Fsp3) is 0.385. The third kappa shape index (κ3) is 3.64. The predicted octanol–water partition coefficient (Wildman–Crippen LogP) is 2.32. The van der Waals surface area contributed by atoms with Gasteiger partial charge in [-0.2, -0.15) is 0 Å². The van der Waals surface area contributed by atoms with Gasteiger partial charge in [0.1, 0.15) is 5.01 Å². The number of hydrogen-bond acceptors (Lipinski definition) is 6. The molecule has 2 rings (SSSR count). The molecule has 6 nitrogen and oxygen atoms in total. The third-order valence-corrected chi connectivity index (χ3v) is 5.07. The van der Waals surface area contributed by atoms with E-state index in [0.717, 1.165) is 16.3 Å². The van der Waals surface area contributed by atoms with Crippen molar-refractivity contribution >= 4 is 39.6 Å². The van der Waals surface area contributed by atoms with Crippen molar-refractivity contribution in [1.29, 1.82) is 0 Å². The molecule has 0 spiro atoms. The maximum absolute atomic E-state index is 12.1. The second-order valence-corrected chi connectivity index (χ2v) is 6.46. The van der Waals surface area contributed by atoms with E-state index < -0.39 is 11.8 Å². The minimum Gasteiger partial charge on any atom is -0.330 e. The van der Waals surface area contributed by atoms with Crippen molar-refractivity contribution in [3.05, 3.63) is 27.4 Å². The normalized spacial score (nSPS) is 12.0. The van der Waals surface area contributed by atoms with Crippen molar-refractivity contribution < 1.29 is 9.59 Å². The standard InChI is InChI=1S/C13H16N4O2S2/c1-4-10-15-16-13(21-10)14-11(18)12(19)17(3)8(2)9-6-5-7-20-9/h5-8H,4H2,1-3H3,(H,14,16,18). The minimum absolute atomic E-state index is 0.149. The minimum atomic E-state index is -0.695. The monoisotopic (exact) mass is 324 g/mol. The number of aryl methyl sites for hydroxylation is 1. The Bertz CT molecular complexity index is 624. The summed E-state index contributed by atoms with van der Waals surface area (Å²) < 4.78 is 0. The number of likely N-dealkylation sites (N-methyl/N-ethyl adjacent to an activating group) is 1. The molecule has 0 aliphatic heterocycles. The van der Waals surface area contributed by atoms with Crippen LogP contribution in [-0.2, 0) is 16.0 Å². The summed E-state index contributed by atoms with van der Waals surface area (Å²) in [7, 11) is 1.61. The van der Waals surface area contributed by atoms with Crippen LogP contribution in [0.1, 0.15) is 29.8 Å². The van der Waals surface area contributed by atoms with Crippen molar-refractivity contribution in [3.8, 4) is 0 Å². The lowest BCUT2D eigenvalue weighted by Gasteiger charge is -2.23. The van der Waals surface area contributed by atoms with E-state index in [1.165, 1.54) is 16.2 Å². The van der Waals surface area contributed by atoms with Crippen LogP contribution in [0.25, 0.3) is 0 Å². The first-order valence-corrected chi connectivity index (χ1v) is 8.16. The van der Waals surface area contributed by atoms with E-state index in [9.17, 15) is 9.59 Å². The SMILES string of the molecule is CCc1nnc(NC(=O)C(=O)N(C)C(C)c2cccs2)s1. The van der Waals surface area contributed by atoms with Gasteiger partial charge in [0.05, 0.1) is 6.04 Å². The Morgan fingerprint density at radius 3 is 2.76 bits per heavy atom. The van der Waals surface area contributed by atoms with Crippen LogP contribution in [0.5, 0.6) is 0 Å². The average Bonchev–Trinajstić information content (AvgIpc) is 3.15. The van der Waals surface area contributed by atoms with E-state index in [2.05, 4.69) is 15.5 Å². The molecule has 0 bridgehead atoms. The molecule has 2 aromatic heterocycles. The van der Waals surface area contributed by atoms with Gasteiger partial charge in [-0.25, -0.2) is 0 Å². The van der Waals surface area contributed by atoms with E-state index >= 15 is 0 Å². The highest BCUT2D eigenvalue weighted by molar-refractivity contribution is 7.15. The molecule has 0 aromatic carbocycles. The lowest BCUT2D eigenvalue weighted by molar-refractivity contribution is -0.143. The fourth-order valence-corrected chi connectivity index (χ4v) is 3.15. The van der Waals surface area contributed by atoms with Crippen molar-refractivity contribution in [3.63, 3.8) is 0 Å². The zero-order valence-corrected chi connectivity index (χ0v) is 13.6. The van der Waals surface area contributed by atoms with Crippen molar-refractivity contribution in [1.82, 2.24) is 15.1 Å². The molecule has 0 fully saturated rings. The van der Waals surface area contributed by atoms with Crippen LogP contribution in [0.15, 0.2) is 17.5 Å². The first kappa shape index (κ1) is 15.6. The highest BCUT2D eigenvalue weighted by Gasteiger charge is 2.25. The summed E-state index contributed by atoms with van der Waals surface area (Å²) in [6.45, 7) is 3.84. The van der Waals surface area contributed by atoms with Crippen LogP contribution in [0, 0.1) is 0 Å². The summed E-state index contributed by atoms with van der Waals surface area (Å²) in [5.74, 6) is -1.29. The molecule has 1 N–H and O–H groups in total. The zero-order chi connectivity index (χ0) is 15.4. The van der Waals surface area contributed by atoms with Crippen LogP contribution < -0.4 is 5.32 Å². The number of carbonyl (C=O) groups is 2. The van der Waals surface area contributed by atoms with Gasteiger partial charge in [-0.1, -0.05) is 24.3 Å². The number of anilines is 1. The second-order valence-electron chi connectivity index (χ2n) is 4.42. The summed E-state index contributed by atoms with van der Waals surface area (Å²) in [6, 6.07) is 3.71. The van der Waals surface area contributed by atoms with Crippen molar-refractivity contribution in [2.75, 3.05) is 12.4 Å². The number of thiophene rings is 1. The summed E-state index contributed by atoms with van der Waals surface area (Å²) in [5.41, 5.74) is 0. The Morgan fingerprint density at radius 1 is 1.43 bits per heavy atom. The zero-order valence-electron chi connectivity index (χ0n) is 12.0. The molecule has 0 aliphatic rings. The molecule has 1 unspecified atom stereocenters. The number of nitrogens with one attached hydrogen (secondary N) is 1. The number of aromatic nitrogens is 2. The van der Waals surface area contributed by atoms with E-state index in [-0.39, 0.29) is 6.04 Å². The molecule has 0 saturated heterocycles. The lowest BCUT2D eigenvalue weighted by atomic mass is 10.2. The highest BCUT2D eigenvalue weighted by Crippen LogP contribution is 2.23. The summed E-state index contributed by atoms with van der Waals surface area (Å²) >= 11 is 2.83. The average molecular weight is 324 g/mol. The Kier molecular flexibility index (Phi) is 5.03. The Labute approximate surface area is 130 Å². The summed E-state index contributed by atoms with van der Waals surface area (Å²) in [4.78, 5) is 26.6. The van der Waals surface area contributed by atoms with Crippen molar-refractivity contribution in [2.45, 2.75) is 26.3 Å². The van der Waals surface area contributed by atoms with Gasteiger partial charge in [0, 0.05) is 11.9 Å². The number of hydrogen-bond donors (Lipinski definition) is 1. The first-order valence-electron chi connectivity index (χ1n) is 6.46. The Morgan fingerprint density at radius 2 is 2.19 bits per heavy atom. The molecule has 21 heavy (non-hydrogen) atoms. The maximum Gasteiger partial charge on any atom is 0.315 e. The van der Waals surface area contributed by atoms with Crippen LogP contribution in [0.4, 0.5) is 5.13 Å². The van der Waals surface area contributed by atoms with Gasteiger partial charge >= 0.3 is 11.8 Å². The first-order chi connectivity index (χ1) is 10.0. The van der Waals surface area contributed by atoms with Gasteiger partial charge in [-0.05, 0) is 24.8 Å². The molecular weight excluding hydrogens is 308 g/mol. The van der Waals surface area contributed by atoms with Gasteiger partial charge in [-0.3, -0.25) is 14.9 Å². The summed E-state index contributed by atoms with van der Waals surface area (Å²) in [5, 5.41) is 13.3. The van der Waals surface area contributed by atoms with Gasteiger partial charge in [0.15, 0.2) is 0 Å². The number of carbonyl (C=O) groups excluding carboxylic acids is 2. The van der Waals surface area contributed by atoms with E-state index in [1.54, 1.807) is 18.4 Å². The van der Waals surface area contributed by atoms with E-state index in [4.69, 9.17) is 0 Å². The van der Waals surface area contributed by atoms with Gasteiger partial charge in [0.25, 0.3) is 0 Å². The molecule has 2 heterocycles. The molecular formula is C13H16N4O2S2. The quantitative estimate of drug-likeness (QED) is 0.876. The highest BCUT2D eigenvalue weighted by atomic mass is 32.1. The molecule has 0 radical (unpaired) electrons. The summed E-state index contributed by atoms with van der Waals surface area (Å²) in [6.07, 6.45) is 0.747. The van der Waals surface area contributed by atoms with Gasteiger partial charge < -0.3 is 4.90 Å². The Hall–Kier alpha value is -1.80. The van der Waals surface area contributed by atoms with Crippen LogP contribution >= 0.6 is 22.7 Å². The number of nitrogens with zero attached hydrogens (tertiary/aromatic N) is 3. The number of amides is 2.